The van der Waals surface area contributed by atoms with Crippen LogP contribution < -0.4 is 5.56 Å². The molecular formula is C15H9FN2O. The lowest BCUT2D eigenvalue weighted by atomic mass is 9.99. The lowest BCUT2D eigenvalue weighted by Crippen LogP contribution is -2.12. The van der Waals surface area contributed by atoms with Crippen LogP contribution in [0.2, 0.25) is 0 Å². The molecule has 1 heterocycles. The minimum Gasteiger partial charge on any atom is -0.325 e. The van der Waals surface area contributed by atoms with Gasteiger partial charge in [-0.1, -0.05) is 12.0 Å². The molecule has 0 fully saturated rings. The lowest BCUT2D eigenvalue weighted by Gasteiger charge is -2.06. The molecule has 2 rings (SSSR count). The summed E-state index contributed by atoms with van der Waals surface area (Å²) in [4.78, 5) is 14.2. The number of benzene rings is 1. The van der Waals surface area contributed by atoms with Crippen molar-refractivity contribution in [2.75, 3.05) is 0 Å². The first-order chi connectivity index (χ1) is 9.06. The Morgan fingerprint density at radius 1 is 1.37 bits per heavy atom. The molecule has 0 saturated heterocycles. The normalized spacial score (nSPS) is 9.68. The summed E-state index contributed by atoms with van der Waals surface area (Å²) < 4.78 is 13.7. The van der Waals surface area contributed by atoms with Gasteiger partial charge in [-0.05, 0) is 30.7 Å². The fourth-order valence-corrected chi connectivity index (χ4v) is 1.83. The summed E-state index contributed by atoms with van der Waals surface area (Å²) >= 11 is 0. The number of nitriles is 1. The summed E-state index contributed by atoms with van der Waals surface area (Å²) in [6.07, 6.45) is 5.15. The van der Waals surface area contributed by atoms with E-state index in [2.05, 4.69) is 10.9 Å². The lowest BCUT2D eigenvalue weighted by molar-refractivity contribution is 0.625. The Kier molecular flexibility index (Phi) is 3.18. The molecule has 0 aliphatic heterocycles. The van der Waals surface area contributed by atoms with Crippen LogP contribution in [-0.2, 0) is 0 Å². The molecule has 19 heavy (non-hydrogen) atoms. The van der Waals surface area contributed by atoms with Crippen LogP contribution in [-0.4, -0.2) is 4.98 Å². The van der Waals surface area contributed by atoms with Crippen molar-refractivity contribution in [3.63, 3.8) is 0 Å². The zero-order chi connectivity index (χ0) is 14.0. The number of terminal acetylenes is 1. The molecule has 0 unspecified atom stereocenters. The molecule has 1 N–H and O–H groups in total. The van der Waals surface area contributed by atoms with E-state index in [-0.39, 0.29) is 11.1 Å². The van der Waals surface area contributed by atoms with Gasteiger partial charge in [-0.3, -0.25) is 4.79 Å². The number of aromatic amines is 1. The summed E-state index contributed by atoms with van der Waals surface area (Å²) in [5.41, 5.74) is 1.05. The van der Waals surface area contributed by atoms with Crippen molar-refractivity contribution >= 4 is 0 Å². The summed E-state index contributed by atoms with van der Waals surface area (Å²) in [5.74, 6) is 1.66. The van der Waals surface area contributed by atoms with Gasteiger partial charge < -0.3 is 4.98 Å². The molecule has 0 aliphatic rings. The second-order valence-corrected chi connectivity index (χ2v) is 4.02. The number of nitrogens with zero attached hydrogens (tertiary/aromatic N) is 1. The standard InChI is InChI=1S/C15H9FN2O/c1-3-10-4-5-11(7-14(10)16)12-6-9(2)18-15(19)13(12)8-17/h1,4-7H,2H3,(H,18,19). The van der Waals surface area contributed by atoms with E-state index in [1.807, 2.05) is 6.07 Å². The first-order valence-electron chi connectivity index (χ1n) is 5.47. The monoisotopic (exact) mass is 252 g/mol. The number of halogens is 1. The van der Waals surface area contributed by atoms with Gasteiger partial charge in [-0.25, -0.2) is 4.39 Å². The van der Waals surface area contributed by atoms with E-state index in [1.54, 1.807) is 19.1 Å². The number of aryl methyl sites for hydroxylation is 1. The molecule has 1 aromatic heterocycles. The van der Waals surface area contributed by atoms with E-state index in [0.29, 0.717) is 16.8 Å². The van der Waals surface area contributed by atoms with E-state index in [1.165, 1.54) is 12.1 Å². The Morgan fingerprint density at radius 2 is 2.11 bits per heavy atom. The first-order valence-corrected chi connectivity index (χ1v) is 5.47. The van der Waals surface area contributed by atoms with Crippen molar-refractivity contribution in [1.82, 2.24) is 4.98 Å². The van der Waals surface area contributed by atoms with Crippen LogP contribution in [0.15, 0.2) is 29.1 Å². The van der Waals surface area contributed by atoms with E-state index >= 15 is 0 Å². The second kappa shape index (κ2) is 4.80. The van der Waals surface area contributed by atoms with Crippen LogP contribution >= 0.6 is 0 Å². The molecule has 0 aliphatic carbocycles. The van der Waals surface area contributed by atoms with Gasteiger partial charge >= 0.3 is 0 Å². The second-order valence-electron chi connectivity index (χ2n) is 4.02. The maximum atomic E-state index is 13.7. The van der Waals surface area contributed by atoms with Gasteiger partial charge in [0.05, 0.1) is 5.56 Å². The molecule has 0 radical (unpaired) electrons. The number of pyridine rings is 1. The van der Waals surface area contributed by atoms with Crippen LogP contribution in [0.1, 0.15) is 16.8 Å². The Labute approximate surface area is 109 Å². The third kappa shape index (κ3) is 2.25. The highest BCUT2D eigenvalue weighted by Crippen LogP contribution is 2.23. The van der Waals surface area contributed by atoms with Gasteiger partial charge in [0.25, 0.3) is 5.56 Å². The summed E-state index contributed by atoms with van der Waals surface area (Å²) in [5, 5.41) is 9.03. The van der Waals surface area contributed by atoms with Crippen molar-refractivity contribution in [3.05, 3.63) is 57.3 Å². The van der Waals surface area contributed by atoms with E-state index in [4.69, 9.17) is 11.7 Å². The highest BCUT2D eigenvalue weighted by Gasteiger charge is 2.11. The van der Waals surface area contributed by atoms with Gasteiger partial charge in [-0.15, -0.1) is 6.42 Å². The molecule has 0 atom stereocenters. The molecule has 0 bridgehead atoms. The Balaban J connectivity index is 2.73. The molecular weight excluding hydrogens is 243 g/mol. The highest BCUT2D eigenvalue weighted by molar-refractivity contribution is 5.71. The van der Waals surface area contributed by atoms with Crippen LogP contribution in [0.3, 0.4) is 0 Å². The quantitative estimate of drug-likeness (QED) is 0.792. The number of rotatable bonds is 1. The number of aromatic nitrogens is 1. The Bertz CT molecular complexity index is 791. The minimum atomic E-state index is -0.554. The molecule has 0 spiro atoms. The number of nitrogens with one attached hydrogen (secondary N) is 1. The molecule has 3 nitrogen and oxygen atoms in total. The average molecular weight is 252 g/mol. The van der Waals surface area contributed by atoms with Gasteiger partial charge in [0.15, 0.2) is 0 Å². The van der Waals surface area contributed by atoms with Gasteiger partial charge in [0.2, 0.25) is 0 Å². The molecule has 1 aromatic carbocycles. The third-order valence-electron chi connectivity index (χ3n) is 2.72. The zero-order valence-corrected chi connectivity index (χ0v) is 10.1. The van der Waals surface area contributed by atoms with Crippen molar-refractivity contribution in [2.24, 2.45) is 0 Å². The van der Waals surface area contributed by atoms with E-state index < -0.39 is 11.4 Å². The van der Waals surface area contributed by atoms with Crippen molar-refractivity contribution in [2.45, 2.75) is 6.92 Å². The smallest absolute Gasteiger partial charge is 0.266 e. The maximum absolute atomic E-state index is 13.7. The summed E-state index contributed by atoms with van der Waals surface area (Å²) in [6.45, 7) is 1.69. The fraction of sp³-hybridized carbons (Fsp3) is 0.0667. The Hall–Kier alpha value is -2.85. The van der Waals surface area contributed by atoms with Gasteiger partial charge in [0.1, 0.15) is 17.4 Å². The van der Waals surface area contributed by atoms with Gasteiger partial charge in [0, 0.05) is 11.3 Å². The molecule has 92 valence electrons. The van der Waals surface area contributed by atoms with Crippen LogP contribution in [0, 0.1) is 36.4 Å². The van der Waals surface area contributed by atoms with Gasteiger partial charge in [-0.2, -0.15) is 5.26 Å². The topological polar surface area (TPSA) is 56.6 Å². The predicted molar refractivity (Wildman–Crippen MR) is 69.8 cm³/mol. The summed E-state index contributed by atoms with van der Waals surface area (Å²) in [6, 6.07) is 7.72. The first kappa shape index (κ1) is 12.6. The third-order valence-corrected chi connectivity index (χ3v) is 2.72. The molecule has 0 saturated carbocycles. The summed E-state index contributed by atoms with van der Waals surface area (Å²) in [7, 11) is 0. The minimum absolute atomic E-state index is 0.0431. The molecule has 4 heteroatoms. The highest BCUT2D eigenvalue weighted by atomic mass is 19.1. The Morgan fingerprint density at radius 3 is 2.68 bits per heavy atom. The maximum Gasteiger partial charge on any atom is 0.266 e. The van der Waals surface area contributed by atoms with Crippen molar-refractivity contribution < 1.29 is 4.39 Å². The molecule has 0 amide bonds. The number of H-pyrrole nitrogens is 1. The van der Waals surface area contributed by atoms with Crippen molar-refractivity contribution in [1.29, 1.82) is 5.26 Å². The van der Waals surface area contributed by atoms with Crippen molar-refractivity contribution in [3.8, 4) is 29.5 Å². The predicted octanol–water partition coefficient (Wildman–Crippen LogP) is 2.34. The van der Waals surface area contributed by atoms with E-state index in [0.717, 1.165) is 0 Å². The molecule has 2 aromatic rings. The number of hydrogen-bond donors (Lipinski definition) is 1. The largest absolute Gasteiger partial charge is 0.325 e. The van der Waals surface area contributed by atoms with Crippen LogP contribution in [0.4, 0.5) is 4.39 Å². The van der Waals surface area contributed by atoms with Crippen LogP contribution in [0.5, 0.6) is 0 Å². The SMILES string of the molecule is C#Cc1ccc(-c2cc(C)[nH]c(=O)c2C#N)cc1F. The zero-order valence-electron chi connectivity index (χ0n) is 10.1. The van der Waals surface area contributed by atoms with Crippen LogP contribution in [0.25, 0.3) is 11.1 Å². The number of hydrogen-bond acceptors (Lipinski definition) is 2. The van der Waals surface area contributed by atoms with E-state index in [9.17, 15) is 9.18 Å². The average Bonchev–Trinajstić information content (AvgIpc) is 2.37. The fourth-order valence-electron chi connectivity index (χ4n) is 1.83.